The molecule has 0 aromatic heterocycles. The van der Waals surface area contributed by atoms with Crippen molar-refractivity contribution in [1.82, 2.24) is 0 Å². The summed E-state index contributed by atoms with van der Waals surface area (Å²) in [6.45, 7) is 0. The third kappa shape index (κ3) is 1.81. The van der Waals surface area contributed by atoms with Crippen molar-refractivity contribution in [3.05, 3.63) is 26.7 Å². The van der Waals surface area contributed by atoms with Gasteiger partial charge in [-0.2, -0.15) is 0 Å². The molecule has 1 nitrogen and oxygen atoms in total. The van der Waals surface area contributed by atoms with Gasteiger partial charge in [-0.1, -0.05) is 23.2 Å². The van der Waals surface area contributed by atoms with Crippen LogP contribution in [0.25, 0.3) is 0 Å². The molecule has 0 aliphatic rings. The Balaban J connectivity index is 3.29. The van der Waals surface area contributed by atoms with Gasteiger partial charge in [0.1, 0.15) is 0 Å². The van der Waals surface area contributed by atoms with Crippen LogP contribution in [0.2, 0.25) is 10.0 Å². The van der Waals surface area contributed by atoms with Crippen molar-refractivity contribution in [3.63, 3.8) is 0 Å². The Bertz CT molecular complexity index is 275. The molecule has 0 N–H and O–H groups in total. The summed E-state index contributed by atoms with van der Waals surface area (Å²) in [5.41, 5.74) is 0. The van der Waals surface area contributed by atoms with Gasteiger partial charge in [-0.05, 0) is 28.1 Å². The first-order valence-electron chi connectivity index (χ1n) is 2.84. The van der Waals surface area contributed by atoms with Crippen molar-refractivity contribution in [2.24, 2.45) is 0 Å². The molecule has 0 saturated heterocycles. The number of hydrogen-bond donors (Lipinski definition) is 0. The van der Waals surface area contributed by atoms with Crippen LogP contribution in [0.5, 0.6) is 5.75 Å². The van der Waals surface area contributed by atoms with Gasteiger partial charge in [0.2, 0.25) is 0 Å². The lowest BCUT2D eigenvalue weighted by Gasteiger charge is -2.05. The Morgan fingerprint density at radius 2 is 1.82 bits per heavy atom. The lowest BCUT2D eigenvalue weighted by molar-refractivity contribution is 0.412. The van der Waals surface area contributed by atoms with E-state index in [1.54, 1.807) is 19.2 Å². The van der Waals surface area contributed by atoms with Crippen molar-refractivity contribution in [2.75, 3.05) is 7.11 Å². The van der Waals surface area contributed by atoms with E-state index in [0.717, 1.165) is 0 Å². The lowest BCUT2D eigenvalue weighted by Crippen LogP contribution is -1.85. The van der Waals surface area contributed by atoms with Crippen LogP contribution < -0.4 is 4.74 Å². The number of methoxy groups -OCH3 is 1. The van der Waals surface area contributed by atoms with Crippen LogP contribution >= 0.6 is 39.1 Å². The molecular formula is C7H5BrCl2O. The molecule has 4 heteroatoms. The van der Waals surface area contributed by atoms with Gasteiger partial charge in [-0.3, -0.25) is 0 Å². The predicted molar refractivity (Wildman–Crippen MR) is 50.7 cm³/mol. The zero-order valence-corrected chi connectivity index (χ0v) is 8.79. The molecule has 0 spiro atoms. The van der Waals surface area contributed by atoms with E-state index in [0.29, 0.717) is 20.3 Å². The Hall–Kier alpha value is 0.0800. The molecule has 11 heavy (non-hydrogen) atoms. The minimum absolute atomic E-state index is 0.545. The average Bonchev–Trinajstić information content (AvgIpc) is 1.99. The second kappa shape index (κ2) is 3.65. The second-order valence-corrected chi connectivity index (χ2v) is 3.48. The van der Waals surface area contributed by atoms with E-state index in [2.05, 4.69) is 15.9 Å². The average molecular weight is 256 g/mol. The zero-order valence-electron chi connectivity index (χ0n) is 5.70. The summed E-state index contributed by atoms with van der Waals surface area (Å²) < 4.78 is 5.68. The molecule has 0 heterocycles. The van der Waals surface area contributed by atoms with Gasteiger partial charge >= 0.3 is 0 Å². The maximum atomic E-state index is 5.79. The zero-order chi connectivity index (χ0) is 8.43. The summed E-state index contributed by atoms with van der Waals surface area (Å²) in [6.07, 6.45) is 0. The third-order valence-electron chi connectivity index (χ3n) is 1.21. The Kier molecular flexibility index (Phi) is 3.05. The van der Waals surface area contributed by atoms with Crippen molar-refractivity contribution in [2.45, 2.75) is 0 Å². The van der Waals surface area contributed by atoms with Gasteiger partial charge in [0.15, 0.2) is 5.75 Å². The molecule has 0 saturated carbocycles. The first kappa shape index (κ1) is 9.17. The standard InChI is InChI=1S/C7H5BrCl2O/c1-11-7-5(10)3-2-4(9)6(7)8/h2-3H,1H3. The van der Waals surface area contributed by atoms with Crippen molar-refractivity contribution >= 4 is 39.1 Å². The van der Waals surface area contributed by atoms with Gasteiger partial charge in [0, 0.05) is 0 Å². The summed E-state index contributed by atoms with van der Waals surface area (Å²) in [7, 11) is 1.54. The highest BCUT2D eigenvalue weighted by Gasteiger charge is 2.08. The first-order valence-corrected chi connectivity index (χ1v) is 4.39. The maximum absolute atomic E-state index is 5.79. The van der Waals surface area contributed by atoms with Crippen LogP contribution in [-0.4, -0.2) is 7.11 Å². The quantitative estimate of drug-likeness (QED) is 0.695. The van der Waals surface area contributed by atoms with E-state index in [-0.39, 0.29) is 0 Å². The maximum Gasteiger partial charge on any atom is 0.153 e. The van der Waals surface area contributed by atoms with Crippen molar-refractivity contribution in [3.8, 4) is 5.75 Å². The smallest absolute Gasteiger partial charge is 0.153 e. The SMILES string of the molecule is COc1c(Cl)ccc(Cl)c1Br. The lowest BCUT2D eigenvalue weighted by atomic mass is 10.3. The largest absolute Gasteiger partial charge is 0.494 e. The van der Waals surface area contributed by atoms with E-state index in [4.69, 9.17) is 27.9 Å². The molecule has 0 fully saturated rings. The molecule has 1 rings (SSSR count). The van der Waals surface area contributed by atoms with Gasteiger partial charge in [0.25, 0.3) is 0 Å². The molecule has 0 bridgehead atoms. The Morgan fingerprint density at radius 3 is 2.27 bits per heavy atom. The van der Waals surface area contributed by atoms with Crippen LogP contribution in [-0.2, 0) is 0 Å². The molecule has 0 radical (unpaired) electrons. The van der Waals surface area contributed by atoms with Crippen LogP contribution in [0, 0.1) is 0 Å². The van der Waals surface area contributed by atoms with Gasteiger partial charge < -0.3 is 4.74 Å². The molecule has 60 valence electrons. The van der Waals surface area contributed by atoms with E-state index in [1.807, 2.05) is 0 Å². The summed E-state index contributed by atoms with van der Waals surface area (Å²) in [5.74, 6) is 0.569. The highest BCUT2D eigenvalue weighted by atomic mass is 79.9. The van der Waals surface area contributed by atoms with Gasteiger partial charge in [-0.15, -0.1) is 0 Å². The molecule has 0 unspecified atom stereocenters. The third-order valence-corrected chi connectivity index (χ3v) is 2.83. The monoisotopic (exact) mass is 254 g/mol. The van der Waals surface area contributed by atoms with Gasteiger partial charge in [0.05, 0.1) is 21.6 Å². The summed E-state index contributed by atoms with van der Waals surface area (Å²) in [4.78, 5) is 0. The van der Waals surface area contributed by atoms with Crippen LogP contribution in [0.3, 0.4) is 0 Å². The molecule has 1 aromatic rings. The van der Waals surface area contributed by atoms with Gasteiger partial charge in [-0.25, -0.2) is 0 Å². The first-order chi connectivity index (χ1) is 5.16. The molecule has 0 aliphatic carbocycles. The molecular weight excluding hydrogens is 251 g/mol. The molecule has 1 aromatic carbocycles. The fourth-order valence-corrected chi connectivity index (χ4v) is 1.70. The predicted octanol–water partition coefficient (Wildman–Crippen LogP) is 3.76. The highest BCUT2D eigenvalue weighted by Crippen LogP contribution is 2.37. The Morgan fingerprint density at radius 1 is 1.27 bits per heavy atom. The van der Waals surface area contributed by atoms with E-state index < -0.39 is 0 Å². The molecule has 0 aliphatic heterocycles. The fourth-order valence-electron chi connectivity index (χ4n) is 0.696. The fraction of sp³-hybridized carbons (Fsp3) is 0.143. The van der Waals surface area contributed by atoms with Crippen LogP contribution in [0.4, 0.5) is 0 Å². The minimum atomic E-state index is 0.545. The van der Waals surface area contributed by atoms with E-state index >= 15 is 0 Å². The van der Waals surface area contributed by atoms with Crippen LogP contribution in [0.15, 0.2) is 16.6 Å². The van der Waals surface area contributed by atoms with E-state index in [9.17, 15) is 0 Å². The summed E-state index contributed by atoms with van der Waals surface area (Å²) in [6, 6.07) is 3.39. The minimum Gasteiger partial charge on any atom is -0.494 e. The van der Waals surface area contributed by atoms with Crippen LogP contribution in [0.1, 0.15) is 0 Å². The molecule has 0 amide bonds. The summed E-state index contributed by atoms with van der Waals surface area (Å²) >= 11 is 14.8. The topological polar surface area (TPSA) is 9.23 Å². The number of hydrogen-bond acceptors (Lipinski definition) is 1. The number of benzene rings is 1. The molecule has 0 atom stereocenters. The second-order valence-electron chi connectivity index (χ2n) is 1.88. The number of halogens is 3. The van der Waals surface area contributed by atoms with E-state index in [1.165, 1.54) is 0 Å². The number of ether oxygens (including phenoxy) is 1. The number of rotatable bonds is 1. The van der Waals surface area contributed by atoms with Crippen molar-refractivity contribution in [1.29, 1.82) is 0 Å². The normalized spacial score (nSPS) is 9.82. The highest BCUT2D eigenvalue weighted by molar-refractivity contribution is 9.10. The summed E-state index contributed by atoms with van der Waals surface area (Å²) in [5, 5.41) is 1.13. The Labute approximate surface area is 83.4 Å². The van der Waals surface area contributed by atoms with Crippen molar-refractivity contribution < 1.29 is 4.74 Å².